The molecule has 103 valence electrons. The molecule has 2 nitrogen and oxygen atoms in total. The Morgan fingerprint density at radius 1 is 0.824 bits per heavy atom. The van der Waals surface area contributed by atoms with E-state index in [1.807, 2.05) is 4.74 Å². The summed E-state index contributed by atoms with van der Waals surface area (Å²) in [5.74, 6) is -6.93. The van der Waals surface area contributed by atoms with Crippen molar-refractivity contribution in [1.29, 1.82) is 0 Å². The van der Waals surface area contributed by atoms with Gasteiger partial charge in [-0.1, -0.05) is 0 Å². The quantitative estimate of drug-likeness (QED) is 0.729. The van der Waals surface area contributed by atoms with Gasteiger partial charge in [0.2, 0.25) is 0 Å². The van der Waals surface area contributed by atoms with E-state index in [0.29, 0.717) is 0 Å². The Morgan fingerprint density at radius 3 is 1.41 bits per heavy atom. The van der Waals surface area contributed by atoms with Crippen molar-refractivity contribution in [3.63, 3.8) is 0 Å². The van der Waals surface area contributed by atoms with Crippen LogP contribution in [-0.4, -0.2) is 30.7 Å². The molecule has 1 unspecified atom stereocenters. The summed E-state index contributed by atoms with van der Waals surface area (Å²) in [5.41, 5.74) is 0. The molecule has 0 aromatic heterocycles. The molecule has 0 aliphatic carbocycles. The molecule has 1 radical (unpaired) electrons. The first-order valence-corrected chi connectivity index (χ1v) is 3.35. The highest BCUT2D eigenvalue weighted by Gasteiger charge is 2.76. The molecule has 0 rings (SSSR count). The second-order valence-corrected chi connectivity index (χ2v) is 2.58. The molecule has 0 aromatic rings. The Hall–Kier alpha value is -0.780. The average molecular weight is 283 g/mol. The molecule has 1 atom stereocenters. The van der Waals surface area contributed by atoms with Crippen LogP contribution in [0.2, 0.25) is 0 Å². The summed E-state index contributed by atoms with van der Waals surface area (Å²) in [6, 6.07) is 0. The highest BCUT2D eigenvalue weighted by molar-refractivity contribution is 4.85. The highest BCUT2D eigenvalue weighted by atomic mass is 19.4. The van der Waals surface area contributed by atoms with Crippen molar-refractivity contribution in [1.82, 2.24) is 0 Å². The average Bonchev–Trinajstić information content (AvgIpc) is 1.98. The number of halogens is 10. The van der Waals surface area contributed by atoms with Crippen LogP contribution in [0.5, 0.6) is 0 Å². The summed E-state index contributed by atoms with van der Waals surface area (Å²) in [4.78, 5) is 0. The third kappa shape index (κ3) is 3.34. The molecule has 0 saturated carbocycles. The molecule has 0 N–H and O–H groups in total. The second-order valence-electron chi connectivity index (χ2n) is 2.58. The minimum Gasteiger partial charge on any atom is -0.272 e. The van der Waals surface area contributed by atoms with Crippen molar-refractivity contribution in [3.8, 4) is 0 Å². The van der Waals surface area contributed by atoms with Crippen molar-refractivity contribution in [2.75, 3.05) is 0 Å². The Morgan fingerprint density at radius 2 is 1.18 bits per heavy atom. The Bertz CT molecular complexity index is 265. The molecular formula is C5HF10O2. The van der Waals surface area contributed by atoms with Gasteiger partial charge in [0.25, 0.3) is 6.36 Å². The van der Waals surface area contributed by atoms with E-state index < -0.39 is 30.7 Å². The fourth-order valence-corrected chi connectivity index (χ4v) is 0.438. The van der Waals surface area contributed by atoms with E-state index >= 15 is 0 Å². The van der Waals surface area contributed by atoms with Crippen LogP contribution in [0.4, 0.5) is 43.9 Å². The van der Waals surface area contributed by atoms with Gasteiger partial charge in [-0.15, -0.1) is 0 Å². The van der Waals surface area contributed by atoms with Gasteiger partial charge in [0.05, 0.1) is 0 Å². The highest BCUT2D eigenvalue weighted by Crippen LogP contribution is 2.48. The van der Waals surface area contributed by atoms with Crippen LogP contribution in [-0.2, 0) is 9.84 Å². The number of alkyl halides is 10. The number of rotatable bonds is 4. The maximum Gasteiger partial charge on any atom is 0.462 e. The van der Waals surface area contributed by atoms with E-state index in [9.17, 15) is 49.0 Å². The summed E-state index contributed by atoms with van der Waals surface area (Å²) >= 11 is 0. The molecule has 0 bridgehead atoms. The van der Waals surface area contributed by atoms with Gasteiger partial charge < -0.3 is 0 Å². The molecular weight excluding hydrogens is 282 g/mol. The Labute approximate surface area is 85.8 Å². The van der Waals surface area contributed by atoms with Gasteiger partial charge in [-0.2, -0.15) is 44.6 Å². The minimum atomic E-state index is -6.93. The summed E-state index contributed by atoms with van der Waals surface area (Å²) in [6.45, 7) is 0. The molecule has 17 heavy (non-hydrogen) atoms. The van der Waals surface area contributed by atoms with E-state index in [4.69, 9.17) is 0 Å². The van der Waals surface area contributed by atoms with Gasteiger partial charge >= 0.3 is 24.3 Å². The third-order valence-electron chi connectivity index (χ3n) is 1.24. The summed E-state index contributed by atoms with van der Waals surface area (Å²) in [6.07, 6.45) is -24.3. The number of ether oxygens (including phenoxy) is 1. The first-order chi connectivity index (χ1) is 7.13. The van der Waals surface area contributed by atoms with Gasteiger partial charge in [0.1, 0.15) is 0 Å². The monoisotopic (exact) mass is 283 g/mol. The van der Waals surface area contributed by atoms with E-state index in [0.717, 1.165) is 0 Å². The molecule has 0 heterocycles. The van der Waals surface area contributed by atoms with Crippen LogP contribution in [0, 0.1) is 0 Å². The standard InChI is InChI=1S/C5HF10O2/c6-1(2(7,8)16)17-5(14,15)3(9,10)4(11,12)13/h1H. The molecule has 0 amide bonds. The van der Waals surface area contributed by atoms with Gasteiger partial charge in [0, 0.05) is 0 Å². The van der Waals surface area contributed by atoms with Crippen molar-refractivity contribution in [3.05, 3.63) is 0 Å². The van der Waals surface area contributed by atoms with Crippen LogP contribution in [0.1, 0.15) is 0 Å². The van der Waals surface area contributed by atoms with Crippen molar-refractivity contribution in [2.45, 2.75) is 30.7 Å². The molecule has 0 aliphatic rings. The first-order valence-electron chi connectivity index (χ1n) is 3.35. The maximum atomic E-state index is 12.1. The van der Waals surface area contributed by atoms with Crippen LogP contribution < -0.4 is 0 Å². The predicted molar refractivity (Wildman–Crippen MR) is 27.6 cm³/mol. The SMILES string of the molecule is [O]C(F)(F)C(F)OC(F)(F)C(F)(F)C(F)(F)F. The van der Waals surface area contributed by atoms with Gasteiger partial charge in [-0.05, 0) is 0 Å². The largest absolute Gasteiger partial charge is 0.462 e. The van der Waals surface area contributed by atoms with Crippen LogP contribution >= 0.6 is 0 Å². The normalized spacial score (nSPS) is 17.1. The third-order valence-corrected chi connectivity index (χ3v) is 1.24. The van der Waals surface area contributed by atoms with Crippen molar-refractivity contribution >= 4 is 0 Å². The Kier molecular flexibility index (Phi) is 3.96. The summed E-state index contributed by atoms with van der Waals surface area (Å²) < 4.78 is 119. The lowest BCUT2D eigenvalue weighted by Gasteiger charge is -2.28. The van der Waals surface area contributed by atoms with Crippen molar-refractivity contribution in [2.24, 2.45) is 0 Å². The number of hydrogen-bond acceptors (Lipinski definition) is 1. The predicted octanol–water partition coefficient (Wildman–Crippen LogP) is 3.11. The van der Waals surface area contributed by atoms with Crippen LogP contribution in [0.25, 0.3) is 0 Å². The van der Waals surface area contributed by atoms with Crippen LogP contribution in [0.3, 0.4) is 0 Å². The summed E-state index contributed by atoms with van der Waals surface area (Å²) in [7, 11) is 0. The molecule has 0 aliphatic heterocycles. The van der Waals surface area contributed by atoms with Crippen molar-refractivity contribution < 1.29 is 53.7 Å². The zero-order chi connectivity index (χ0) is 14.3. The fourth-order valence-electron chi connectivity index (χ4n) is 0.438. The molecule has 0 saturated heterocycles. The molecule has 0 aromatic carbocycles. The van der Waals surface area contributed by atoms with Gasteiger partial charge in [0.15, 0.2) is 0 Å². The van der Waals surface area contributed by atoms with Gasteiger partial charge in [-0.25, -0.2) is 4.39 Å². The second kappa shape index (κ2) is 4.15. The van der Waals surface area contributed by atoms with E-state index in [2.05, 4.69) is 0 Å². The Balaban J connectivity index is 5.04. The van der Waals surface area contributed by atoms with Crippen LogP contribution in [0.15, 0.2) is 0 Å². The van der Waals surface area contributed by atoms with Gasteiger partial charge in [-0.3, -0.25) is 4.74 Å². The molecule has 0 spiro atoms. The zero-order valence-electron chi connectivity index (χ0n) is 7.17. The van der Waals surface area contributed by atoms with E-state index in [1.54, 1.807) is 0 Å². The lowest BCUT2D eigenvalue weighted by atomic mass is 10.3. The molecule has 12 heteroatoms. The minimum absolute atomic E-state index is 1.86. The lowest BCUT2D eigenvalue weighted by molar-refractivity contribution is -0.467. The smallest absolute Gasteiger partial charge is 0.272 e. The molecule has 0 fully saturated rings. The maximum absolute atomic E-state index is 12.1. The fraction of sp³-hybridized carbons (Fsp3) is 1.00. The topological polar surface area (TPSA) is 29.1 Å². The lowest BCUT2D eigenvalue weighted by Crippen LogP contribution is -2.55. The summed E-state index contributed by atoms with van der Waals surface area (Å²) in [5, 5.41) is 9.36. The zero-order valence-corrected chi connectivity index (χ0v) is 7.17. The number of hydrogen-bond donors (Lipinski definition) is 0. The van der Waals surface area contributed by atoms with E-state index in [1.165, 1.54) is 0 Å². The first kappa shape index (κ1) is 16.2. The van der Waals surface area contributed by atoms with E-state index in [-0.39, 0.29) is 0 Å².